The first-order valence-electron chi connectivity index (χ1n) is 10.9. The summed E-state index contributed by atoms with van der Waals surface area (Å²) in [6.07, 6.45) is 8.31. The van der Waals surface area contributed by atoms with Crippen molar-refractivity contribution in [1.29, 1.82) is 0 Å². The van der Waals surface area contributed by atoms with Gasteiger partial charge >= 0.3 is 186 Å². The number of rotatable bonds is 7. The first-order valence-corrected chi connectivity index (χ1v) is 18.3. The van der Waals surface area contributed by atoms with Crippen LogP contribution in [0.5, 0.6) is 0 Å². The monoisotopic (exact) mass is 548 g/mol. The average molecular weight is 551 g/mol. The molecule has 0 saturated carbocycles. The van der Waals surface area contributed by atoms with Crippen LogP contribution < -0.4 is 24.8 Å². The van der Waals surface area contributed by atoms with E-state index in [9.17, 15) is 0 Å². The molecule has 0 N–H and O–H groups in total. The molecule has 2 aliphatic carbocycles. The Balaban J connectivity index is 0.00000171. The van der Waals surface area contributed by atoms with Crippen LogP contribution in [0.1, 0.15) is 40.9 Å². The van der Waals surface area contributed by atoms with Gasteiger partial charge in [-0.1, -0.05) is 0 Å². The summed E-state index contributed by atoms with van der Waals surface area (Å²) in [5.41, 5.74) is 7.69. The zero-order chi connectivity index (χ0) is 20.4. The molecule has 0 radical (unpaired) electrons. The van der Waals surface area contributed by atoms with Gasteiger partial charge < -0.3 is 24.8 Å². The molecule has 0 saturated heterocycles. The van der Waals surface area contributed by atoms with Crippen molar-refractivity contribution in [2.75, 3.05) is 6.61 Å². The number of benzene rings is 2. The smallest absolute Gasteiger partial charge is 1.00 e. The molecule has 164 valence electrons. The van der Waals surface area contributed by atoms with Crippen LogP contribution in [0.3, 0.4) is 0 Å². The van der Waals surface area contributed by atoms with E-state index in [1.54, 1.807) is 20.0 Å². The van der Waals surface area contributed by atoms with E-state index >= 15 is 0 Å². The molecule has 0 bridgehead atoms. The predicted octanol–water partition coefficient (Wildman–Crippen LogP) is 1.05. The zero-order valence-electron chi connectivity index (χ0n) is 18.9. The van der Waals surface area contributed by atoms with Gasteiger partial charge in [0.05, 0.1) is 0 Å². The largest absolute Gasteiger partial charge is 1.00 e. The molecule has 1 nitrogen and oxygen atoms in total. The first kappa shape index (κ1) is 26.7. The Kier molecular flexibility index (Phi) is 9.92. The molecule has 2 aliphatic rings. The number of hydrogen-bond acceptors (Lipinski definition) is 1. The van der Waals surface area contributed by atoms with Gasteiger partial charge in [0.2, 0.25) is 0 Å². The Morgan fingerprint density at radius 2 is 1.55 bits per heavy atom. The summed E-state index contributed by atoms with van der Waals surface area (Å²) in [5, 5.41) is 0. The third-order valence-corrected chi connectivity index (χ3v) is 14.6. The van der Waals surface area contributed by atoms with Crippen molar-refractivity contribution in [3.8, 4) is 11.1 Å². The number of allylic oxidation sites excluding steroid dienone is 4. The van der Waals surface area contributed by atoms with Gasteiger partial charge in [-0.05, 0) is 0 Å². The van der Waals surface area contributed by atoms with Crippen LogP contribution >= 0.6 is 0 Å². The van der Waals surface area contributed by atoms with Gasteiger partial charge in [0.1, 0.15) is 0 Å². The third-order valence-electron chi connectivity index (χ3n) is 5.96. The third kappa shape index (κ3) is 5.87. The van der Waals surface area contributed by atoms with Gasteiger partial charge in [0.15, 0.2) is 0 Å². The Hall–Kier alpha value is -0.570. The first-order chi connectivity index (χ1) is 14.0. The molecule has 0 aliphatic heterocycles. The van der Waals surface area contributed by atoms with Crippen LogP contribution in [-0.4, -0.2) is 18.6 Å². The van der Waals surface area contributed by atoms with Crippen LogP contribution in [0, 0.1) is 0 Å². The van der Waals surface area contributed by atoms with Gasteiger partial charge in [-0.25, -0.2) is 0 Å². The quantitative estimate of drug-likeness (QED) is 0.370. The summed E-state index contributed by atoms with van der Waals surface area (Å²) in [6, 6.07) is 18.2. The van der Waals surface area contributed by atoms with E-state index in [1.165, 1.54) is 24.0 Å². The molecule has 0 unspecified atom stereocenters. The molecule has 5 heteroatoms. The normalized spacial score (nSPS) is 14.8. The molecule has 0 heterocycles. The maximum Gasteiger partial charge on any atom is -1.00 e. The SMILES string of the molecule is C[CH]=[Zr+2]([C]1=C(CCCO[Si](C)(C)C)C=CC1)[CH]1c2ccccc2-c2ccccc21.[Cl-].[Cl-]. The molecule has 0 spiro atoms. The van der Waals surface area contributed by atoms with Crippen LogP contribution in [0.25, 0.3) is 11.1 Å². The second-order valence-corrected chi connectivity index (χ2v) is 20.1. The topological polar surface area (TPSA) is 9.23 Å². The van der Waals surface area contributed by atoms with E-state index < -0.39 is 29.6 Å². The molecule has 2 aromatic carbocycles. The Morgan fingerprint density at radius 3 is 2.10 bits per heavy atom. The fraction of sp³-hybridized carbons (Fsp3) is 0.346. The van der Waals surface area contributed by atoms with E-state index in [2.05, 4.69) is 91.0 Å². The molecule has 31 heavy (non-hydrogen) atoms. The summed E-state index contributed by atoms with van der Waals surface area (Å²) in [4.78, 5) is 0. The van der Waals surface area contributed by atoms with Crippen molar-refractivity contribution >= 4 is 12.0 Å². The van der Waals surface area contributed by atoms with Gasteiger partial charge in [0, 0.05) is 0 Å². The average Bonchev–Trinajstić information content (AvgIpc) is 3.29. The van der Waals surface area contributed by atoms with Crippen LogP contribution in [-0.2, 0) is 25.7 Å². The van der Waals surface area contributed by atoms with Crippen molar-refractivity contribution in [3.05, 3.63) is 80.7 Å². The summed E-state index contributed by atoms with van der Waals surface area (Å²) < 4.78 is 11.2. The van der Waals surface area contributed by atoms with E-state index in [0.29, 0.717) is 3.63 Å². The van der Waals surface area contributed by atoms with Crippen LogP contribution in [0.15, 0.2) is 69.5 Å². The van der Waals surface area contributed by atoms with E-state index in [4.69, 9.17) is 4.43 Å². The number of hydrogen-bond donors (Lipinski definition) is 0. The Morgan fingerprint density at radius 1 is 0.968 bits per heavy atom. The standard InChI is InChI=1S/C13H9.C11H19OSi.C2H4.2ClH.Zr/c1-3-7-12-10(5-1)9-11-6-2-4-8-13(11)12;1-13(2,3)12-10-6-9-11-7-4-5-8-11;1-2;;;/h1-9H;4,7H,5-6,9-10H2,1-3H3;1H,2H3;2*1H;/q;;;;;+2/p-2. The summed E-state index contributed by atoms with van der Waals surface area (Å²) >= 11 is -1.99. The second kappa shape index (κ2) is 11.5. The van der Waals surface area contributed by atoms with Crippen molar-refractivity contribution in [3.63, 3.8) is 0 Å². The molecule has 0 fully saturated rings. The Labute approximate surface area is 209 Å². The van der Waals surface area contributed by atoms with Crippen molar-refractivity contribution in [2.24, 2.45) is 0 Å². The van der Waals surface area contributed by atoms with Crippen LogP contribution in [0.4, 0.5) is 0 Å². The van der Waals surface area contributed by atoms with Gasteiger partial charge in [-0.15, -0.1) is 0 Å². The van der Waals surface area contributed by atoms with Crippen molar-refractivity contribution in [1.82, 2.24) is 0 Å². The minimum absolute atomic E-state index is 0. The van der Waals surface area contributed by atoms with E-state index in [1.807, 2.05) is 0 Å². The van der Waals surface area contributed by atoms with Crippen molar-refractivity contribution < 1.29 is 50.5 Å². The maximum atomic E-state index is 6.10. The minimum atomic E-state index is -1.99. The summed E-state index contributed by atoms with van der Waals surface area (Å²) in [5.74, 6) is 0. The van der Waals surface area contributed by atoms with Gasteiger partial charge in [-0.3, -0.25) is 0 Å². The second-order valence-electron chi connectivity index (χ2n) is 9.03. The fourth-order valence-electron chi connectivity index (χ4n) is 4.73. The van der Waals surface area contributed by atoms with E-state index in [0.717, 1.165) is 13.0 Å². The molecular formula is C26H32Cl2OSiZr. The molecule has 0 atom stereocenters. The predicted molar refractivity (Wildman–Crippen MR) is 125 cm³/mol. The zero-order valence-corrected chi connectivity index (χ0v) is 23.9. The Bertz CT molecular complexity index is 959. The van der Waals surface area contributed by atoms with Crippen molar-refractivity contribution in [2.45, 2.75) is 49.5 Å². The van der Waals surface area contributed by atoms with E-state index in [-0.39, 0.29) is 24.8 Å². The minimum Gasteiger partial charge on any atom is -1.00 e. The molecule has 2 aromatic rings. The number of fused-ring (bicyclic) bond motifs is 3. The summed E-state index contributed by atoms with van der Waals surface area (Å²) in [7, 11) is -1.41. The fourth-order valence-corrected chi connectivity index (χ4v) is 13.2. The number of halogens is 2. The van der Waals surface area contributed by atoms with Gasteiger partial charge in [-0.2, -0.15) is 0 Å². The molecule has 4 rings (SSSR count). The maximum absolute atomic E-state index is 6.10. The van der Waals surface area contributed by atoms with Crippen LogP contribution in [0.2, 0.25) is 19.6 Å². The van der Waals surface area contributed by atoms with Gasteiger partial charge in [0.25, 0.3) is 0 Å². The summed E-state index contributed by atoms with van der Waals surface area (Å²) in [6.45, 7) is 10.1. The molecule has 0 aromatic heterocycles. The molecular weight excluding hydrogens is 519 g/mol. The molecule has 0 amide bonds.